The second kappa shape index (κ2) is 10.6. The van der Waals surface area contributed by atoms with Crippen molar-refractivity contribution in [1.29, 1.82) is 5.41 Å². The summed E-state index contributed by atoms with van der Waals surface area (Å²) in [5.41, 5.74) is 2.64. The topological polar surface area (TPSA) is 82.2 Å². The highest BCUT2D eigenvalue weighted by Gasteiger charge is 2.39. The van der Waals surface area contributed by atoms with Gasteiger partial charge in [0.25, 0.3) is 5.91 Å². The number of carbonyl (C=O) groups excluding carboxylic acids is 1. The van der Waals surface area contributed by atoms with E-state index in [-0.39, 0.29) is 32.1 Å². The predicted octanol–water partition coefficient (Wildman–Crippen LogP) is 5.01. The lowest BCUT2D eigenvalue weighted by Crippen LogP contribution is -2.51. The maximum Gasteiger partial charge on any atom is 0.416 e. The molecule has 1 aliphatic rings. The van der Waals surface area contributed by atoms with E-state index >= 15 is 0 Å². The molecule has 5 nitrogen and oxygen atoms in total. The van der Waals surface area contributed by atoms with E-state index in [1.54, 1.807) is 0 Å². The SMILES string of the molecule is CCC(C(=N)C(=O)N1CCNC[C@@H]1c1ccc(F)cc1CN)c1cc(C(F)(F)F)cc(C(F)(F)F)c1. The zero-order valence-electron chi connectivity index (χ0n) is 19.2. The third-order valence-electron chi connectivity index (χ3n) is 6.19. The summed E-state index contributed by atoms with van der Waals surface area (Å²) in [6.07, 6.45) is -10.2. The van der Waals surface area contributed by atoms with E-state index in [1.807, 2.05) is 0 Å². The van der Waals surface area contributed by atoms with Gasteiger partial charge in [-0.3, -0.25) is 10.2 Å². The van der Waals surface area contributed by atoms with Crippen LogP contribution in [-0.2, 0) is 23.7 Å². The van der Waals surface area contributed by atoms with Crippen LogP contribution in [0.4, 0.5) is 30.7 Å². The van der Waals surface area contributed by atoms with Gasteiger partial charge in [-0.05, 0) is 53.4 Å². The van der Waals surface area contributed by atoms with E-state index in [2.05, 4.69) is 5.32 Å². The number of piperazine rings is 1. The Balaban J connectivity index is 2.00. The van der Waals surface area contributed by atoms with Crippen LogP contribution in [0.5, 0.6) is 0 Å². The van der Waals surface area contributed by atoms with Crippen molar-refractivity contribution >= 4 is 11.6 Å². The molecule has 2 aromatic carbocycles. The van der Waals surface area contributed by atoms with Gasteiger partial charge in [0.05, 0.1) is 17.2 Å². The third-order valence-corrected chi connectivity index (χ3v) is 6.19. The molecule has 196 valence electrons. The number of nitrogens with one attached hydrogen (secondary N) is 2. The van der Waals surface area contributed by atoms with Gasteiger partial charge in [0, 0.05) is 32.1 Å². The number of rotatable bonds is 6. The summed E-state index contributed by atoms with van der Waals surface area (Å²) < 4.78 is 93.8. The van der Waals surface area contributed by atoms with Crippen LogP contribution in [0.25, 0.3) is 0 Å². The van der Waals surface area contributed by atoms with Crippen LogP contribution in [0.15, 0.2) is 36.4 Å². The van der Waals surface area contributed by atoms with Gasteiger partial charge in [-0.15, -0.1) is 0 Å². The number of carbonyl (C=O) groups is 1. The highest BCUT2D eigenvalue weighted by molar-refractivity contribution is 6.39. The van der Waals surface area contributed by atoms with Gasteiger partial charge in [-0.1, -0.05) is 13.0 Å². The molecular formula is C24H25F7N4O. The summed E-state index contributed by atoms with van der Waals surface area (Å²) in [6, 6.07) is 4.35. The fourth-order valence-electron chi connectivity index (χ4n) is 4.39. The largest absolute Gasteiger partial charge is 0.416 e. The molecule has 1 heterocycles. The molecule has 0 radical (unpaired) electrons. The second-order valence-corrected chi connectivity index (χ2v) is 8.48. The summed E-state index contributed by atoms with van der Waals surface area (Å²) in [5, 5.41) is 11.6. The molecule has 3 rings (SSSR count). The first kappa shape index (κ1) is 27.6. The zero-order valence-corrected chi connectivity index (χ0v) is 19.2. The maximum atomic E-state index is 13.7. The molecule has 0 aromatic heterocycles. The first-order chi connectivity index (χ1) is 16.8. The number of benzene rings is 2. The molecule has 4 N–H and O–H groups in total. The molecular weight excluding hydrogens is 493 g/mol. The van der Waals surface area contributed by atoms with E-state index in [1.165, 1.54) is 30.0 Å². The van der Waals surface area contributed by atoms with Crippen molar-refractivity contribution in [3.8, 4) is 0 Å². The van der Waals surface area contributed by atoms with Crippen molar-refractivity contribution in [2.24, 2.45) is 5.73 Å². The molecule has 2 aromatic rings. The number of alkyl halides is 6. The van der Waals surface area contributed by atoms with Gasteiger partial charge in [-0.25, -0.2) is 4.39 Å². The van der Waals surface area contributed by atoms with Gasteiger partial charge in [0.15, 0.2) is 0 Å². The molecule has 0 aliphatic carbocycles. The Hall–Kier alpha value is -2.99. The lowest BCUT2D eigenvalue weighted by Gasteiger charge is -2.38. The van der Waals surface area contributed by atoms with E-state index in [9.17, 15) is 35.5 Å². The van der Waals surface area contributed by atoms with Gasteiger partial charge < -0.3 is 16.0 Å². The van der Waals surface area contributed by atoms with Crippen LogP contribution < -0.4 is 11.1 Å². The molecule has 0 bridgehead atoms. The smallest absolute Gasteiger partial charge is 0.328 e. The molecule has 2 atom stereocenters. The summed E-state index contributed by atoms with van der Waals surface area (Å²) in [4.78, 5) is 14.7. The fraction of sp³-hybridized carbons (Fsp3) is 0.417. The number of nitrogens with zero attached hydrogens (tertiary/aromatic N) is 1. The molecule has 36 heavy (non-hydrogen) atoms. The number of amides is 1. The number of hydrogen-bond acceptors (Lipinski definition) is 4. The van der Waals surface area contributed by atoms with Gasteiger partial charge in [-0.2, -0.15) is 26.3 Å². The number of halogens is 7. The Labute approximate surface area is 203 Å². The summed E-state index contributed by atoms with van der Waals surface area (Å²) in [6.45, 7) is 2.18. The molecule has 1 fully saturated rings. The van der Waals surface area contributed by atoms with Crippen molar-refractivity contribution in [1.82, 2.24) is 10.2 Å². The summed E-state index contributed by atoms with van der Waals surface area (Å²) in [7, 11) is 0. The molecule has 1 aliphatic heterocycles. The van der Waals surface area contributed by atoms with Crippen LogP contribution >= 0.6 is 0 Å². The summed E-state index contributed by atoms with van der Waals surface area (Å²) >= 11 is 0. The van der Waals surface area contributed by atoms with E-state index in [0.717, 1.165) is 0 Å². The van der Waals surface area contributed by atoms with Crippen molar-refractivity contribution in [3.05, 3.63) is 70.0 Å². The zero-order chi connectivity index (χ0) is 26.8. The van der Waals surface area contributed by atoms with Crippen LogP contribution in [0.1, 0.15) is 53.1 Å². The fourth-order valence-corrected chi connectivity index (χ4v) is 4.39. The van der Waals surface area contributed by atoms with E-state index in [4.69, 9.17) is 11.1 Å². The average molecular weight is 518 g/mol. The van der Waals surface area contributed by atoms with Crippen molar-refractivity contribution in [2.45, 2.75) is 44.2 Å². The standard InChI is InChI=1S/C24H25F7N4O/c1-2-18(13-7-15(23(26,27)28)10-16(8-13)24(29,30)31)21(33)22(36)35-6-5-34-12-20(35)19-4-3-17(25)9-14(19)11-32/h3-4,7-10,18,20,33-34H,2,5-6,11-12,32H2,1H3/t18?,20-/m1/s1. The van der Waals surface area contributed by atoms with Crippen molar-refractivity contribution in [3.63, 3.8) is 0 Å². The lowest BCUT2D eigenvalue weighted by atomic mass is 9.87. The third kappa shape index (κ3) is 5.86. The van der Waals surface area contributed by atoms with Crippen LogP contribution in [0.2, 0.25) is 0 Å². The predicted molar refractivity (Wildman–Crippen MR) is 119 cm³/mol. The number of nitrogens with two attached hydrogens (primary N) is 1. The second-order valence-electron chi connectivity index (χ2n) is 8.48. The van der Waals surface area contributed by atoms with Crippen LogP contribution in [0, 0.1) is 11.2 Å². The molecule has 0 saturated carbocycles. The molecule has 12 heteroatoms. The van der Waals surface area contributed by atoms with Crippen LogP contribution in [-0.4, -0.2) is 36.2 Å². The van der Waals surface area contributed by atoms with Crippen LogP contribution in [0.3, 0.4) is 0 Å². The quantitative estimate of drug-likeness (QED) is 0.372. The lowest BCUT2D eigenvalue weighted by molar-refractivity contribution is -0.143. The highest BCUT2D eigenvalue weighted by atomic mass is 19.4. The van der Waals surface area contributed by atoms with E-state index in [0.29, 0.717) is 29.8 Å². The Bertz CT molecular complexity index is 1100. The highest BCUT2D eigenvalue weighted by Crippen LogP contribution is 2.39. The van der Waals surface area contributed by atoms with Crippen molar-refractivity contribution in [2.75, 3.05) is 19.6 Å². The minimum Gasteiger partial charge on any atom is -0.328 e. The minimum absolute atomic E-state index is 0.0108. The summed E-state index contributed by atoms with van der Waals surface area (Å²) in [5.74, 6) is -2.66. The Morgan fingerprint density at radius 1 is 1.11 bits per heavy atom. The maximum absolute atomic E-state index is 13.7. The van der Waals surface area contributed by atoms with Gasteiger partial charge in [0.1, 0.15) is 11.5 Å². The first-order valence-electron chi connectivity index (χ1n) is 11.2. The molecule has 1 amide bonds. The Kier molecular flexibility index (Phi) is 8.09. The molecule has 1 saturated heterocycles. The van der Waals surface area contributed by atoms with Gasteiger partial charge in [0.2, 0.25) is 0 Å². The minimum atomic E-state index is -5.05. The van der Waals surface area contributed by atoms with Crippen molar-refractivity contribution < 1.29 is 35.5 Å². The Morgan fingerprint density at radius 3 is 2.25 bits per heavy atom. The Morgan fingerprint density at radius 2 is 1.72 bits per heavy atom. The number of hydrogen-bond donors (Lipinski definition) is 3. The monoisotopic (exact) mass is 518 g/mol. The normalized spacial score (nSPS) is 17.7. The van der Waals surface area contributed by atoms with E-state index < -0.39 is 58.4 Å². The molecule has 0 spiro atoms. The molecule has 1 unspecified atom stereocenters. The van der Waals surface area contributed by atoms with Gasteiger partial charge >= 0.3 is 12.4 Å². The average Bonchev–Trinajstić information content (AvgIpc) is 2.82. The first-order valence-corrected chi connectivity index (χ1v) is 11.2.